The summed E-state index contributed by atoms with van der Waals surface area (Å²) in [6.07, 6.45) is 15.3. The van der Waals surface area contributed by atoms with Crippen LogP contribution in [0, 0.1) is 6.92 Å². The van der Waals surface area contributed by atoms with Crippen molar-refractivity contribution in [3.63, 3.8) is 0 Å². The molecule has 1 atom stereocenters. The number of carbonyl (C=O) groups is 1. The number of aromatic nitrogens is 3. The lowest BCUT2D eigenvalue weighted by molar-refractivity contribution is -0.0781. The Morgan fingerprint density at radius 2 is 2.05 bits per heavy atom. The van der Waals surface area contributed by atoms with E-state index < -0.39 is 0 Å². The third-order valence-corrected chi connectivity index (χ3v) is 6.55. The first-order valence-electron chi connectivity index (χ1n) is 13.0. The highest BCUT2D eigenvalue weighted by Crippen LogP contribution is 2.25. The summed E-state index contributed by atoms with van der Waals surface area (Å²) >= 11 is 0. The summed E-state index contributed by atoms with van der Waals surface area (Å²) in [6.45, 7) is 17.9. The molecule has 1 unspecified atom stereocenters. The Kier molecular flexibility index (Phi) is 9.27. The van der Waals surface area contributed by atoms with E-state index in [2.05, 4.69) is 29.8 Å². The quantitative estimate of drug-likeness (QED) is 0.304. The fourth-order valence-electron chi connectivity index (χ4n) is 4.53. The average molecular weight is 529 g/mol. The predicted octanol–water partition coefficient (Wildman–Crippen LogP) is 4.91. The van der Waals surface area contributed by atoms with Gasteiger partial charge in [0.1, 0.15) is 12.4 Å². The monoisotopic (exact) mass is 528 g/mol. The average Bonchev–Trinajstić information content (AvgIpc) is 3.54. The molecular weight excluding hydrogens is 492 g/mol. The minimum atomic E-state index is -0.341. The number of hydrogen-bond donors (Lipinski definition) is 0. The third kappa shape index (κ3) is 7.00. The fraction of sp³-hybridized carbons (Fsp3) is 0.333. The normalized spacial score (nSPS) is 18.1. The number of hydrogen-bond acceptors (Lipinski definition) is 7. The molecule has 0 saturated carbocycles. The van der Waals surface area contributed by atoms with Crippen LogP contribution in [-0.2, 0) is 9.47 Å². The molecule has 2 fully saturated rings. The van der Waals surface area contributed by atoms with Crippen molar-refractivity contribution in [1.29, 1.82) is 0 Å². The molecule has 2 saturated heterocycles. The summed E-state index contributed by atoms with van der Waals surface area (Å²) in [5, 5.41) is 4.74. The predicted molar refractivity (Wildman–Crippen MR) is 155 cm³/mol. The summed E-state index contributed by atoms with van der Waals surface area (Å²) < 4.78 is 13.4. The lowest BCUT2D eigenvalue weighted by Gasteiger charge is -2.39. The number of likely N-dealkylation sites (tertiary alicyclic amines) is 1. The second-order valence-corrected chi connectivity index (χ2v) is 9.57. The Morgan fingerprint density at radius 1 is 1.23 bits per heavy atom. The number of aliphatic imine (C=N–C) groups is 1. The number of allylic oxidation sites excluding steroid dienone is 5. The van der Waals surface area contributed by atoms with E-state index >= 15 is 0 Å². The minimum Gasteiger partial charge on any atom is -0.445 e. The van der Waals surface area contributed by atoms with Gasteiger partial charge in [0.05, 0.1) is 42.9 Å². The van der Waals surface area contributed by atoms with Crippen LogP contribution in [-0.4, -0.2) is 77.5 Å². The van der Waals surface area contributed by atoms with E-state index in [0.717, 1.165) is 47.8 Å². The van der Waals surface area contributed by atoms with Gasteiger partial charge in [-0.25, -0.2) is 14.5 Å². The highest BCUT2D eigenvalue weighted by molar-refractivity contribution is 5.73. The maximum atomic E-state index is 12.2. The largest absolute Gasteiger partial charge is 0.445 e. The van der Waals surface area contributed by atoms with Gasteiger partial charge >= 0.3 is 6.09 Å². The van der Waals surface area contributed by atoms with Crippen LogP contribution in [0.5, 0.6) is 0 Å². The second kappa shape index (κ2) is 13.0. The molecule has 9 heteroatoms. The first-order valence-corrected chi connectivity index (χ1v) is 13.0. The van der Waals surface area contributed by atoms with Gasteiger partial charge in [-0.05, 0) is 50.3 Å². The van der Waals surface area contributed by atoms with Gasteiger partial charge < -0.3 is 19.3 Å². The summed E-state index contributed by atoms with van der Waals surface area (Å²) in [6, 6.07) is 4.04. The van der Waals surface area contributed by atoms with Crippen molar-refractivity contribution in [2.24, 2.45) is 4.99 Å². The maximum Gasteiger partial charge on any atom is 0.410 e. The summed E-state index contributed by atoms with van der Waals surface area (Å²) in [7, 11) is 0. The number of anilines is 1. The topological polar surface area (TPSA) is 85.1 Å². The van der Waals surface area contributed by atoms with Crippen LogP contribution in [0.4, 0.5) is 10.6 Å². The molecular formula is C30H36N6O3. The van der Waals surface area contributed by atoms with Gasteiger partial charge in [0.25, 0.3) is 0 Å². The van der Waals surface area contributed by atoms with E-state index in [4.69, 9.17) is 19.6 Å². The standard InChI is InChI=1S/C30H36N6O3/c1-6-8-10-22(3)21-38-30(37)35-19-27(20-35)39-26-13-14-34(18-26)28-12-11-25(16-32-28)36-17-23(4)29(33-36)24(9-7-2)15-31-5/h6-12,15-17,26-27H,1,3,5,13-14,18-21H2,2,4H3/b9-7-,10-8-,24-15+. The van der Waals surface area contributed by atoms with Crippen molar-refractivity contribution in [2.75, 3.05) is 37.7 Å². The second-order valence-electron chi connectivity index (χ2n) is 9.57. The van der Waals surface area contributed by atoms with E-state index in [1.54, 1.807) is 29.3 Å². The van der Waals surface area contributed by atoms with E-state index in [0.29, 0.717) is 18.7 Å². The number of nitrogens with zero attached hydrogens (tertiary/aromatic N) is 6. The van der Waals surface area contributed by atoms with E-state index in [1.807, 2.05) is 55.2 Å². The molecule has 0 aromatic carbocycles. The highest BCUT2D eigenvalue weighted by atomic mass is 16.6. The molecule has 39 heavy (non-hydrogen) atoms. The molecule has 204 valence electrons. The zero-order chi connectivity index (χ0) is 27.8. The molecule has 0 N–H and O–H groups in total. The lowest BCUT2D eigenvalue weighted by Crippen LogP contribution is -2.56. The minimum absolute atomic E-state index is 0.0248. The SMILES string of the molecule is C=C/C=C\C(=C)COC(=O)N1CC(OC2CCN(c3ccc(-n4cc(C)c(C(/C=C\C)=C/N=C)n4)cn3)C2)C1. The van der Waals surface area contributed by atoms with Gasteiger partial charge in [-0.3, -0.25) is 4.99 Å². The first-order chi connectivity index (χ1) is 18.9. The number of aryl methyl sites for hydroxylation is 1. The molecule has 9 nitrogen and oxygen atoms in total. The zero-order valence-electron chi connectivity index (χ0n) is 22.7. The van der Waals surface area contributed by atoms with Gasteiger partial charge in [0, 0.05) is 31.1 Å². The first kappa shape index (κ1) is 27.8. The van der Waals surface area contributed by atoms with Gasteiger partial charge in [-0.1, -0.05) is 43.5 Å². The number of rotatable bonds is 11. The maximum absolute atomic E-state index is 12.2. The van der Waals surface area contributed by atoms with Gasteiger partial charge in [0.15, 0.2) is 0 Å². The summed E-state index contributed by atoms with van der Waals surface area (Å²) in [5.41, 5.74) is 4.41. The van der Waals surface area contributed by atoms with Gasteiger partial charge in [-0.15, -0.1) is 0 Å². The van der Waals surface area contributed by atoms with Crippen LogP contribution < -0.4 is 4.90 Å². The van der Waals surface area contributed by atoms with Crippen molar-refractivity contribution >= 4 is 24.2 Å². The van der Waals surface area contributed by atoms with E-state index in [1.165, 1.54) is 0 Å². The van der Waals surface area contributed by atoms with Crippen molar-refractivity contribution < 1.29 is 14.3 Å². The van der Waals surface area contributed by atoms with Crippen LogP contribution in [0.15, 0.2) is 84.8 Å². The van der Waals surface area contributed by atoms with Crippen LogP contribution in [0.2, 0.25) is 0 Å². The number of pyridine rings is 1. The molecule has 2 aromatic heterocycles. The molecule has 2 aliphatic rings. The number of carbonyl (C=O) groups excluding carboxylic acids is 1. The van der Waals surface area contributed by atoms with Crippen molar-refractivity contribution in [1.82, 2.24) is 19.7 Å². The Morgan fingerprint density at radius 3 is 2.74 bits per heavy atom. The van der Waals surface area contributed by atoms with Crippen molar-refractivity contribution in [3.05, 3.63) is 91.1 Å². The molecule has 0 aliphatic carbocycles. The molecule has 0 radical (unpaired) electrons. The Bertz CT molecular complexity index is 1280. The fourth-order valence-corrected chi connectivity index (χ4v) is 4.53. The Labute approximate surface area is 230 Å². The molecule has 0 spiro atoms. The van der Waals surface area contributed by atoms with Crippen LogP contribution in [0.1, 0.15) is 24.6 Å². The Hall–Kier alpha value is -4.24. The number of amides is 1. The van der Waals surface area contributed by atoms with Crippen LogP contribution >= 0.6 is 0 Å². The molecule has 1 amide bonds. The van der Waals surface area contributed by atoms with E-state index in [-0.39, 0.29) is 24.9 Å². The molecule has 2 aliphatic heterocycles. The van der Waals surface area contributed by atoms with Gasteiger partial charge in [-0.2, -0.15) is 5.10 Å². The molecule has 2 aromatic rings. The van der Waals surface area contributed by atoms with Crippen LogP contribution in [0.25, 0.3) is 11.3 Å². The summed E-state index contributed by atoms with van der Waals surface area (Å²) in [4.78, 5) is 24.7. The summed E-state index contributed by atoms with van der Waals surface area (Å²) in [5.74, 6) is 0.906. The third-order valence-electron chi connectivity index (χ3n) is 6.55. The smallest absolute Gasteiger partial charge is 0.410 e. The van der Waals surface area contributed by atoms with Crippen molar-refractivity contribution in [2.45, 2.75) is 32.5 Å². The highest BCUT2D eigenvalue weighted by Gasteiger charge is 2.36. The molecule has 4 rings (SSSR count). The zero-order valence-corrected chi connectivity index (χ0v) is 22.7. The van der Waals surface area contributed by atoms with Gasteiger partial charge in [0.2, 0.25) is 0 Å². The molecule has 0 bridgehead atoms. The molecule has 4 heterocycles. The number of ether oxygens (including phenoxy) is 2. The van der Waals surface area contributed by atoms with Crippen LogP contribution in [0.3, 0.4) is 0 Å². The Balaban J connectivity index is 1.25. The lowest BCUT2D eigenvalue weighted by atomic mass is 10.1. The van der Waals surface area contributed by atoms with E-state index in [9.17, 15) is 4.79 Å². The van der Waals surface area contributed by atoms with Crippen molar-refractivity contribution in [3.8, 4) is 5.69 Å².